The maximum absolute atomic E-state index is 11.9. The summed E-state index contributed by atoms with van der Waals surface area (Å²) in [5.74, 6) is -1.41. The van der Waals surface area contributed by atoms with Gasteiger partial charge in [-0.3, -0.25) is 19.7 Å². The Balaban J connectivity index is 2.72. The van der Waals surface area contributed by atoms with Crippen molar-refractivity contribution < 1.29 is 19.6 Å². The molecule has 20 heavy (non-hydrogen) atoms. The number of nitro benzene ring substituents is 1. The highest BCUT2D eigenvalue weighted by atomic mass is 16.6. The lowest BCUT2D eigenvalue weighted by molar-refractivity contribution is -0.384. The van der Waals surface area contributed by atoms with Crippen LogP contribution in [0.4, 0.5) is 5.69 Å². The minimum absolute atomic E-state index is 0.0998. The maximum Gasteiger partial charge on any atom is 0.305 e. The van der Waals surface area contributed by atoms with Crippen LogP contribution in [0.15, 0.2) is 24.3 Å². The van der Waals surface area contributed by atoms with Crippen LogP contribution >= 0.6 is 0 Å². The summed E-state index contributed by atoms with van der Waals surface area (Å²) in [6, 6.07) is 4.72. The molecule has 1 unspecified atom stereocenters. The summed E-state index contributed by atoms with van der Waals surface area (Å²) >= 11 is 0. The molecule has 0 fully saturated rings. The van der Waals surface area contributed by atoms with Gasteiger partial charge in [-0.15, -0.1) is 0 Å². The number of aliphatic carboxylic acids is 1. The summed E-state index contributed by atoms with van der Waals surface area (Å²) < 4.78 is 0. The van der Waals surface area contributed by atoms with Crippen molar-refractivity contribution in [3.05, 3.63) is 39.9 Å². The molecular formula is C13H16N2O5. The van der Waals surface area contributed by atoms with Crippen molar-refractivity contribution in [1.29, 1.82) is 0 Å². The lowest BCUT2D eigenvalue weighted by atomic mass is 10.1. The number of benzene rings is 1. The van der Waals surface area contributed by atoms with Gasteiger partial charge in [0.2, 0.25) is 0 Å². The maximum atomic E-state index is 11.9. The molecule has 1 atom stereocenters. The molecule has 2 N–H and O–H groups in total. The van der Waals surface area contributed by atoms with E-state index < -0.39 is 22.8 Å². The van der Waals surface area contributed by atoms with Crippen molar-refractivity contribution >= 4 is 17.6 Å². The van der Waals surface area contributed by atoms with Gasteiger partial charge >= 0.3 is 5.97 Å². The zero-order valence-corrected chi connectivity index (χ0v) is 11.0. The molecule has 0 spiro atoms. The summed E-state index contributed by atoms with van der Waals surface area (Å²) in [5.41, 5.74) is 0.166. The Labute approximate surface area is 115 Å². The molecule has 7 heteroatoms. The number of nitrogens with zero attached hydrogens (tertiary/aromatic N) is 1. The summed E-state index contributed by atoms with van der Waals surface area (Å²) in [5, 5.41) is 21.9. The quantitative estimate of drug-likeness (QED) is 0.586. The van der Waals surface area contributed by atoms with Crippen LogP contribution in [0.25, 0.3) is 0 Å². The van der Waals surface area contributed by atoms with E-state index in [1.54, 1.807) is 0 Å². The predicted octanol–water partition coefficient (Wildman–Crippen LogP) is 1.97. The van der Waals surface area contributed by atoms with Gasteiger partial charge in [-0.05, 0) is 18.6 Å². The zero-order chi connectivity index (χ0) is 15.1. The first kappa shape index (κ1) is 15.6. The van der Waals surface area contributed by atoms with Crippen LogP contribution in [0.2, 0.25) is 0 Å². The highest BCUT2D eigenvalue weighted by molar-refractivity contribution is 5.94. The average Bonchev–Trinajstić information content (AvgIpc) is 2.38. The number of amides is 1. The van der Waals surface area contributed by atoms with E-state index in [9.17, 15) is 19.7 Å². The van der Waals surface area contributed by atoms with Crippen LogP contribution < -0.4 is 5.32 Å². The molecule has 0 aliphatic carbocycles. The summed E-state index contributed by atoms with van der Waals surface area (Å²) in [6.07, 6.45) is 1.16. The molecule has 0 aliphatic heterocycles. The number of carbonyl (C=O) groups excluding carboxylic acids is 1. The zero-order valence-electron chi connectivity index (χ0n) is 11.0. The number of carboxylic acid groups (broad SMARTS) is 1. The number of rotatable bonds is 7. The topological polar surface area (TPSA) is 110 Å². The lowest BCUT2D eigenvalue weighted by Gasteiger charge is -2.16. The fourth-order valence-electron chi connectivity index (χ4n) is 1.79. The third kappa shape index (κ3) is 4.68. The predicted molar refractivity (Wildman–Crippen MR) is 71.5 cm³/mol. The van der Waals surface area contributed by atoms with Gasteiger partial charge in [0.1, 0.15) is 0 Å². The van der Waals surface area contributed by atoms with Gasteiger partial charge in [0, 0.05) is 23.7 Å². The highest BCUT2D eigenvalue weighted by Crippen LogP contribution is 2.12. The number of nitrogens with one attached hydrogen (secondary N) is 1. The van der Waals surface area contributed by atoms with Crippen LogP contribution in [0.3, 0.4) is 0 Å². The van der Waals surface area contributed by atoms with E-state index in [1.165, 1.54) is 24.3 Å². The molecule has 0 saturated carbocycles. The molecule has 0 radical (unpaired) electrons. The third-order valence-corrected chi connectivity index (χ3v) is 2.73. The number of carbonyl (C=O) groups is 2. The Morgan fingerprint density at radius 2 is 1.95 bits per heavy atom. The van der Waals surface area contributed by atoms with Gasteiger partial charge in [-0.2, -0.15) is 0 Å². The van der Waals surface area contributed by atoms with Gasteiger partial charge in [0.25, 0.3) is 11.6 Å². The van der Waals surface area contributed by atoms with Crippen molar-refractivity contribution in [2.75, 3.05) is 0 Å². The van der Waals surface area contributed by atoms with E-state index in [0.717, 1.165) is 6.42 Å². The molecule has 0 heterocycles. The average molecular weight is 280 g/mol. The van der Waals surface area contributed by atoms with E-state index in [2.05, 4.69) is 5.32 Å². The van der Waals surface area contributed by atoms with Gasteiger partial charge in [-0.1, -0.05) is 13.3 Å². The number of hydrogen-bond donors (Lipinski definition) is 2. The second kappa shape index (κ2) is 7.22. The summed E-state index contributed by atoms with van der Waals surface area (Å²) in [7, 11) is 0. The number of carboxylic acids is 1. The van der Waals surface area contributed by atoms with Crippen LogP contribution in [-0.4, -0.2) is 27.9 Å². The van der Waals surface area contributed by atoms with E-state index in [0.29, 0.717) is 6.42 Å². The number of hydrogen-bond acceptors (Lipinski definition) is 4. The first-order chi connectivity index (χ1) is 9.43. The molecule has 108 valence electrons. The SMILES string of the molecule is CCCC(CC(=O)O)NC(=O)c1ccc([N+](=O)[O-])cc1. The summed E-state index contributed by atoms with van der Waals surface area (Å²) in [4.78, 5) is 32.6. The Bertz CT molecular complexity index is 498. The van der Waals surface area contributed by atoms with Crippen LogP contribution in [0.1, 0.15) is 36.5 Å². The van der Waals surface area contributed by atoms with Crippen LogP contribution in [-0.2, 0) is 4.79 Å². The van der Waals surface area contributed by atoms with Gasteiger partial charge in [0.05, 0.1) is 11.3 Å². The van der Waals surface area contributed by atoms with Crippen LogP contribution in [0.5, 0.6) is 0 Å². The second-order valence-corrected chi connectivity index (χ2v) is 4.36. The van der Waals surface area contributed by atoms with E-state index in [4.69, 9.17) is 5.11 Å². The largest absolute Gasteiger partial charge is 0.481 e. The highest BCUT2D eigenvalue weighted by Gasteiger charge is 2.16. The molecule has 1 amide bonds. The second-order valence-electron chi connectivity index (χ2n) is 4.36. The van der Waals surface area contributed by atoms with Crippen molar-refractivity contribution in [3.8, 4) is 0 Å². The molecule has 0 aromatic heterocycles. The molecule has 0 bridgehead atoms. The summed E-state index contributed by atoms with van der Waals surface area (Å²) in [6.45, 7) is 1.90. The van der Waals surface area contributed by atoms with Gasteiger partial charge in [0.15, 0.2) is 0 Å². The molecule has 7 nitrogen and oxygen atoms in total. The van der Waals surface area contributed by atoms with Crippen LogP contribution in [0, 0.1) is 10.1 Å². The molecule has 1 aromatic rings. The minimum Gasteiger partial charge on any atom is -0.481 e. The third-order valence-electron chi connectivity index (χ3n) is 2.73. The smallest absolute Gasteiger partial charge is 0.305 e. The molecule has 1 aromatic carbocycles. The van der Waals surface area contributed by atoms with E-state index in [1.807, 2.05) is 6.92 Å². The minimum atomic E-state index is -0.979. The molecular weight excluding hydrogens is 264 g/mol. The van der Waals surface area contributed by atoms with Crippen molar-refractivity contribution in [2.24, 2.45) is 0 Å². The monoisotopic (exact) mass is 280 g/mol. The van der Waals surface area contributed by atoms with Crippen molar-refractivity contribution in [3.63, 3.8) is 0 Å². The van der Waals surface area contributed by atoms with Crippen molar-refractivity contribution in [1.82, 2.24) is 5.32 Å². The Morgan fingerprint density at radius 1 is 1.35 bits per heavy atom. The number of non-ortho nitro benzene ring substituents is 1. The first-order valence-corrected chi connectivity index (χ1v) is 6.21. The fraction of sp³-hybridized carbons (Fsp3) is 0.385. The van der Waals surface area contributed by atoms with E-state index >= 15 is 0 Å². The normalized spacial score (nSPS) is 11.7. The molecule has 1 rings (SSSR count). The molecule has 0 aliphatic rings. The van der Waals surface area contributed by atoms with Crippen molar-refractivity contribution in [2.45, 2.75) is 32.2 Å². The molecule has 0 saturated heterocycles. The standard InChI is InChI=1S/C13H16N2O5/c1-2-3-10(8-12(16)17)14-13(18)9-4-6-11(7-5-9)15(19)20/h4-7,10H,2-3,8H2,1H3,(H,14,18)(H,16,17). The van der Waals surface area contributed by atoms with E-state index in [-0.39, 0.29) is 17.7 Å². The Hall–Kier alpha value is -2.44. The first-order valence-electron chi connectivity index (χ1n) is 6.21. The van der Waals surface area contributed by atoms with Gasteiger partial charge < -0.3 is 10.4 Å². The Kier molecular flexibility index (Phi) is 5.64. The number of nitro groups is 1. The van der Waals surface area contributed by atoms with Gasteiger partial charge in [-0.25, -0.2) is 0 Å². The fourth-order valence-corrected chi connectivity index (χ4v) is 1.79. The lowest BCUT2D eigenvalue weighted by Crippen LogP contribution is -2.36. The Morgan fingerprint density at radius 3 is 2.40 bits per heavy atom.